The Bertz CT molecular complexity index is 320. The number of allylic oxidation sites excluding steroid dienone is 1. The molecule has 0 spiro atoms. The summed E-state index contributed by atoms with van der Waals surface area (Å²) in [6.07, 6.45) is 6.19. The van der Waals surface area contributed by atoms with Crippen molar-refractivity contribution in [3.05, 3.63) is 35.7 Å². The molecule has 0 saturated carbocycles. The fourth-order valence-electron chi connectivity index (χ4n) is 0.959. The average molecular weight is 161 g/mol. The van der Waals surface area contributed by atoms with Gasteiger partial charge in [-0.05, 0) is 30.2 Å². The van der Waals surface area contributed by atoms with E-state index < -0.39 is 0 Å². The van der Waals surface area contributed by atoms with Gasteiger partial charge in [-0.3, -0.25) is 4.79 Å². The summed E-state index contributed by atoms with van der Waals surface area (Å²) in [7, 11) is 0. The number of H-pyrrole nitrogens is 1. The zero-order valence-electron chi connectivity index (χ0n) is 7.00. The third-order valence-corrected chi connectivity index (χ3v) is 1.59. The molecule has 0 aliphatic carbocycles. The molecule has 0 aliphatic rings. The standard InChI is InChI=1S/C10H11NO/c1-3-9-4-5-11-10(9)6-8(2)7-12/h3-7,11H,1H2,2H3/b8-6+. The number of carbonyl (C=O) groups is 1. The van der Waals surface area contributed by atoms with Gasteiger partial charge in [0.05, 0.1) is 0 Å². The van der Waals surface area contributed by atoms with Crippen LogP contribution in [0.1, 0.15) is 18.2 Å². The van der Waals surface area contributed by atoms with Gasteiger partial charge in [0, 0.05) is 11.9 Å². The van der Waals surface area contributed by atoms with E-state index in [0.29, 0.717) is 5.57 Å². The number of nitrogens with one attached hydrogen (secondary N) is 1. The number of aromatic amines is 1. The molecule has 0 radical (unpaired) electrons. The van der Waals surface area contributed by atoms with Gasteiger partial charge >= 0.3 is 0 Å². The van der Waals surface area contributed by atoms with Gasteiger partial charge < -0.3 is 4.98 Å². The summed E-state index contributed by atoms with van der Waals surface area (Å²) in [6, 6.07) is 1.91. The predicted molar refractivity (Wildman–Crippen MR) is 50.6 cm³/mol. The summed E-state index contributed by atoms with van der Waals surface area (Å²) in [5.41, 5.74) is 2.63. The van der Waals surface area contributed by atoms with E-state index in [4.69, 9.17) is 0 Å². The second-order valence-electron chi connectivity index (χ2n) is 2.56. The highest BCUT2D eigenvalue weighted by atomic mass is 16.1. The lowest BCUT2D eigenvalue weighted by atomic mass is 10.2. The van der Waals surface area contributed by atoms with Crippen molar-refractivity contribution >= 4 is 18.4 Å². The number of aldehydes is 1. The smallest absolute Gasteiger partial charge is 0.145 e. The SMILES string of the molecule is C=Cc1cc[nH]c1/C=C(\C)C=O. The lowest BCUT2D eigenvalue weighted by Crippen LogP contribution is -1.80. The average Bonchev–Trinajstić information content (AvgIpc) is 2.51. The summed E-state index contributed by atoms with van der Waals surface area (Å²) in [4.78, 5) is 13.3. The van der Waals surface area contributed by atoms with Crippen LogP contribution in [0.2, 0.25) is 0 Å². The van der Waals surface area contributed by atoms with E-state index in [1.807, 2.05) is 12.3 Å². The van der Waals surface area contributed by atoms with Crippen LogP contribution in [0.15, 0.2) is 24.4 Å². The highest BCUT2D eigenvalue weighted by molar-refractivity contribution is 5.81. The van der Waals surface area contributed by atoms with Gasteiger partial charge in [0.1, 0.15) is 6.29 Å². The number of aromatic nitrogens is 1. The van der Waals surface area contributed by atoms with E-state index in [1.165, 1.54) is 0 Å². The van der Waals surface area contributed by atoms with Gasteiger partial charge in [0.25, 0.3) is 0 Å². The zero-order valence-corrected chi connectivity index (χ0v) is 7.00. The zero-order chi connectivity index (χ0) is 8.97. The third-order valence-electron chi connectivity index (χ3n) is 1.59. The Labute approximate surface area is 71.6 Å². The normalized spacial score (nSPS) is 11.2. The summed E-state index contributed by atoms with van der Waals surface area (Å²) in [6.45, 7) is 5.42. The minimum absolute atomic E-state index is 0.695. The Kier molecular flexibility index (Phi) is 2.64. The van der Waals surface area contributed by atoms with Crippen LogP contribution in [-0.2, 0) is 4.79 Å². The van der Waals surface area contributed by atoms with Crippen molar-refractivity contribution in [1.29, 1.82) is 0 Å². The summed E-state index contributed by atoms with van der Waals surface area (Å²) in [5.74, 6) is 0. The monoisotopic (exact) mass is 161 g/mol. The molecule has 0 unspecified atom stereocenters. The third kappa shape index (κ3) is 1.72. The Hall–Kier alpha value is -1.57. The van der Waals surface area contributed by atoms with E-state index >= 15 is 0 Å². The van der Waals surface area contributed by atoms with Crippen LogP contribution in [0, 0.1) is 0 Å². The highest BCUT2D eigenvalue weighted by Crippen LogP contribution is 2.11. The maximum atomic E-state index is 10.3. The van der Waals surface area contributed by atoms with Crippen LogP contribution in [-0.4, -0.2) is 11.3 Å². The maximum absolute atomic E-state index is 10.3. The van der Waals surface area contributed by atoms with E-state index in [-0.39, 0.29) is 0 Å². The van der Waals surface area contributed by atoms with Crippen molar-refractivity contribution < 1.29 is 4.79 Å². The van der Waals surface area contributed by atoms with E-state index in [2.05, 4.69) is 11.6 Å². The Morgan fingerprint density at radius 2 is 2.42 bits per heavy atom. The largest absolute Gasteiger partial charge is 0.361 e. The molecule has 1 aromatic rings. The predicted octanol–water partition coefficient (Wildman–Crippen LogP) is 2.26. The molecule has 0 amide bonds. The second kappa shape index (κ2) is 3.72. The maximum Gasteiger partial charge on any atom is 0.145 e. The molecule has 62 valence electrons. The molecule has 1 N–H and O–H groups in total. The van der Waals surface area contributed by atoms with E-state index in [9.17, 15) is 4.79 Å². The molecule has 0 atom stereocenters. The van der Waals surface area contributed by atoms with Crippen molar-refractivity contribution in [3.63, 3.8) is 0 Å². The molecule has 12 heavy (non-hydrogen) atoms. The first kappa shape index (κ1) is 8.53. The first-order valence-corrected chi connectivity index (χ1v) is 3.71. The quantitative estimate of drug-likeness (QED) is 0.535. The first-order valence-electron chi connectivity index (χ1n) is 3.71. The van der Waals surface area contributed by atoms with Gasteiger partial charge in [0.2, 0.25) is 0 Å². The van der Waals surface area contributed by atoms with Gasteiger partial charge in [-0.1, -0.05) is 12.7 Å². The molecule has 0 bridgehead atoms. The number of hydrogen-bond donors (Lipinski definition) is 1. The van der Waals surface area contributed by atoms with Gasteiger partial charge in [-0.2, -0.15) is 0 Å². The minimum atomic E-state index is 0.695. The molecular formula is C10H11NO. The van der Waals surface area contributed by atoms with E-state index in [0.717, 1.165) is 17.5 Å². The van der Waals surface area contributed by atoms with Gasteiger partial charge in [-0.25, -0.2) is 0 Å². The fourth-order valence-corrected chi connectivity index (χ4v) is 0.959. The molecule has 1 rings (SSSR count). The van der Waals surface area contributed by atoms with Crippen LogP contribution in [0.4, 0.5) is 0 Å². The Balaban J connectivity index is 3.02. The Morgan fingerprint density at radius 3 is 3.00 bits per heavy atom. The molecule has 0 fully saturated rings. The molecule has 1 heterocycles. The molecule has 2 heteroatoms. The molecule has 0 aliphatic heterocycles. The lowest BCUT2D eigenvalue weighted by Gasteiger charge is -1.91. The van der Waals surface area contributed by atoms with Crippen molar-refractivity contribution in [2.45, 2.75) is 6.92 Å². The summed E-state index contributed by atoms with van der Waals surface area (Å²) in [5, 5.41) is 0. The summed E-state index contributed by atoms with van der Waals surface area (Å²) < 4.78 is 0. The van der Waals surface area contributed by atoms with Crippen molar-refractivity contribution in [1.82, 2.24) is 4.98 Å². The lowest BCUT2D eigenvalue weighted by molar-refractivity contribution is -0.104. The first-order chi connectivity index (χ1) is 5.77. The van der Waals surface area contributed by atoms with Crippen LogP contribution >= 0.6 is 0 Å². The number of hydrogen-bond acceptors (Lipinski definition) is 1. The number of carbonyl (C=O) groups excluding carboxylic acids is 1. The molecular weight excluding hydrogens is 150 g/mol. The topological polar surface area (TPSA) is 32.9 Å². The minimum Gasteiger partial charge on any atom is -0.361 e. The second-order valence-corrected chi connectivity index (χ2v) is 2.56. The number of rotatable bonds is 3. The molecule has 2 nitrogen and oxygen atoms in total. The fraction of sp³-hybridized carbons (Fsp3) is 0.100. The van der Waals surface area contributed by atoms with Crippen LogP contribution in [0.25, 0.3) is 12.2 Å². The van der Waals surface area contributed by atoms with Crippen LogP contribution < -0.4 is 0 Å². The molecule has 0 aromatic carbocycles. The van der Waals surface area contributed by atoms with Crippen LogP contribution in [0.5, 0.6) is 0 Å². The molecule has 1 aromatic heterocycles. The van der Waals surface area contributed by atoms with Crippen molar-refractivity contribution in [2.24, 2.45) is 0 Å². The van der Waals surface area contributed by atoms with Crippen LogP contribution in [0.3, 0.4) is 0 Å². The summed E-state index contributed by atoms with van der Waals surface area (Å²) >= 11 is 0. The van der Waals surface area contributed by atoms with Crippen molar-refractivity contribution in [3.8, 4) is 0 Å². The Morgan fingerprint density at radius 1 is 1.67 bits per heavy atom. The van der Waals surface area contributed by atoms with Gasteiger partial charge in [-0.15, -0.1) is 0 Å². The van der Waals surface area contributed by atoms with Crippen molar-refractivity contribution in [2.75, 3.05) is 0 Å². The highest BCUT2D eigenvalue weighted by Gasteiger charge is 1.96. The van der Waals surface area contributed by atoms with E-state index in [1.54, 1.807) is 19.1 Å². The van der Waals surface area contributed by atoms with Gasteiger partial charge in [0.15, 0.2) is 0 Å². The molecule has 0 saturated heterocycles.